The molecule has 7 heteroatoms. The van der Waals surface area contributed by atoms with Gasteiger partial charge in [0.05, 0.1) is 12.7 Å². The lowest BCUT2D eigenvalue weighted by Crippen LogP contribution is -2.06. The Bertz CT molecular complexity index is 551. The number of azide groups is 1. The van der Waals surface area contributed by atoms with Gasteiger partial charge in [0.2, 0.25) is 0 Å². The number of esters is 1. The van der Waals surface area contributed by atoms with E-state index in [0.29, 0.717) is 23.6 Å². The van der Waals surface area contributed by atoms with Crippen molar-refractivity contribution in [3.63, 3.8) is 0 Å². The third-order valence-electron chi connectivity index (χ3n) is 2.33. The molecule has 0 aliphatic heterocycles. The van der Waals surface area contributed by atoms with Gasteiger partial charge in [0.15, 0.2) is 0 Å². The smallest absolute Gasteiger partial charge is 0.339 e. The average Bonchev–Trinajstić information content (AvgIpc) is 2.39. The van der Waals surface area contributed by atoms with E-state index in [9.17, 15) is 4.79 Å². The van der Waals surface area contributed by atoms with Crippen molar-refractivity contribution in [2.45, 2.75) is 6.42 Å². The first kappa shape index (κ1) is 14.9. The number of hydrogen-bond donors (Lipinski definition) is 1. The van der Waals surface area contributed by atoms with Crippen LogP contribution in [0.5, 0.6) is 0 Å². The maximum absolute atomic E-state index is 11.5. The van der Waals surface area contributed by atoms with Crippen LogP contribution in [0.3, 0.4) is 0 Å². The lowest BCUT2D eigenvalue weighted by atomic mass is 10.1. The lowest BCUT2D eigenvalue weighted by Gasteiger charge is -2.06. The molecule has 0 saturated carbocycles. The highest BCUT2D eigenvalue weighted by molar-refractivity contribution is 6.32. The van der Waals surface area contributed by atoms with Gasteiger partial charge in [0.25, 0.3) is 0 Å². The molecule has 0 bridgehead atoms. The Balaban J connectivity index is 2.94. The van der Waals surface area contributed by atoms with Crippen molar-refractivity contribution in [1.82, 2.24) is 0 Å². The summed E-state index contributed by atoms with van der Waals surface area (Å²) in [5.41, 5.74) is 15.0. The Hall–Kier alpha value is -2.17. The number of methoxy groups -OCH3 is 1. The van der Waals surface area contributed by atoms with Gasteiger partial charge in [-0.15, -0.1) is 0 Å². The number of halogens is 1. The van der Waals surface area contributed by atoms with Crippen molar-refractivity contribution in [1.29, 1.82) is 0 Å². The first-order valence-corrected chi connectivity index (χ1v) is 5.82. The minimum atomic E-state index is -0.516. The van der Waals surface area contributed by atoms with Crippen molar-refractivity contribution >= 4 is 29.3 Å². The second-order valence-electron chi connectivity index (χ2n) is 3.60. The molecule has 0 amide bonds. The largest absolute Gasteiger partial charge is 0.465 e. The number of rotatable bonds is 5. The number of anilines is 1. The van der Waals surface area contributed by atoms with E-state index in [1.54, 1.807) is 18.2 Å². The fourth-order valence-electron chi connectivity index (χ4n) is 1.41. The molecule has 0 radical (unpaired) electrons. The molecule has 0 aliphatic carbocycles. The molecule has 2 N–H and O–H groups in total. The molecular formula is C12H13ClN4O2. The van der Waals surface area contributed by atoms with Gasteiger partial charge in [-0.3, -0.25) is 0 Å². The summed E-state index contributed by atoms with van der Waals surface area (Å²) in [4.78, 5) is 14.1. The summed E-state index contributed by atoms with van der Waals surface area (Å²) < 4.78 is 4.63. The Kier molecular flexibility index (Phi) is 5.73. The van der Waals surface area contributed by atoms with E-state index in [2.05, 4.69) is 14.8 Å². The third kappa shape index (κ3) is 4.21. The molecule has 1 rings (SSSR count). The van der Waals surface area contributed by atoms with Gasteiger partial charge in [0.1, 0.15) is 0 Å². The molecule has 0 aliphatic rings. The van der Waals surface area contributed by atoms with Gasteiger partial charge < -0.3 is 10.5 Å². The molecule has 0 fully saturated rings. The summed E-state index contributed by atoms with van der Waals surface area (Å²) in [7, 11) is 1.28. The number of ether oxygens (including phenoxy) is 1. The van der Waals surface area contributed by atoms with Crippen LogP contribution in [0.1, 0.15) is 22.3 Å². The monoisotopic (exact) mass is 280 g/mol. The number of benzene rings is 1. The topological polar surface area (TPSA) is 101 Å². The van der Waals surface area contributed by atoms with E-state index >= 15 is 0 Å². The van der Waals surface area contributed by atoms with E-state index in [4.69, 9.17) is 22.9 Å². The first-order valence-electron chi connectivity index (χ1n) is 5.45. The summed E-state index contributed by atoms with van der Waals surface area (Å²) in [6.45, 7) is 0.365. The minimum Gasteiger partial charge on any atom is -0.465 e. The number of carbonyl (C=O) groups is 1. The molecule has 1 aromatic rings. The quantitative estimate of drug-likeness (QED) is 0.223. The van der Waals surface area contributed by atoms with Gasteiger partial charge in [-0.2, -0.15) is 0 Å². The second kappa shape index (κ2) is 7.31. The molecule has 0 heterocycles. The number of hydrogen-bond acceptors (Lipinski definition) is 4. The summed E-state index contributed by atoms with van der Waals surface area (Å²) in [5.74, 6) is -0.516. The molecular weight excluding hydrogens is 268 g/mol. The number of nitrogen functional groups attached to an aromatic ring is 1. The van der Waals surface area contributed by atoms with E-state index in [1.165, 1.54) is 13.2 Å². The maximum atomic E-state index is 11.5. The van der Waals surface area contributed by atoms with E-state index in [-0.39, 0.29) is 11.3 Å². The lowest BCUT2D eigenvalue weighted by molar-refractivity contribution is 0.0602. The highest BCUT2D eigenvalue weighted by Crippen LogP contribution is 2.25. The molecule has 0 atom stereocenters. The fraction of sp³-hybridized carbons (Fsp3) is 0.250. The Labute approximate surface area is 115 Å². The van der Waals surface area contributed by atoms with Crippen molar-refractivity contribution in [2.75, 3.05) is 19.4 Å². The van der Waals surface area contributed by atoms with Crippen LogP contribution in [0, 0.1) is 0 Å². The second-order valence-corrected chi connectivity index (χ2v) is 4.01. The molecule has 0 saturated heterocycles. The molecule has 0 spiro atoms. The fourth-order valence-corrected chi connectivity index (χ4v) is 1.64. The zero-order valence-electron chi connectivity index (χ0n) is 10.3. The van der Waals surface area contributed by atoms with Crippen LogP contribution in [0.4, 0.5) is 5.69 Å². The van der Waals surface area contributed by atoms with E-state index in [1.807, 2.05) is 0 Å². The Morgan fingerprint density at radius 3 is 3.00 bits per heavy atom. The maximum Gasteiger partial charge on any atom is 0.339 e. The number of carbonyl (C=O) groups excluding carboxylic acids is 1. The third-order valence-corrected chi connectivity index (χ3v) is 2.66. The molecule has 19 heavy (non-hydrogen) atoms. The van der Waals surface area contributed by atoms with Gasteiger partial charge >= 0.3 is 5.97 Å². The van der Waals surface area contributed by atoms with Crippen LogP contribution in [0.25, 0.3) is 16.5 Å². The van der Waals surface area contributed by atoms with Crippen molar-refractivity contribution in [2.24, 2.45) is 5.11 Å². The predicted octanol–water partition coefficient (Wildman–Crippen LogP) is 3.42. The number of nitrogens with two attached hydrogens (primary N) is 1. The van der Waals surface area contributed by atoms with Gasteiger partial charge in [-0.25, -0.2) is 4.79 Å². The molecule has 1 aromatic carbocycles. The number of nitrogens with zero attached hydrogens (tertiary/aromatic N) is 3. The Morgan fingerprint density at radius 1 is 1.63 bits per heavy atom. The van der Waals surface area contributed by atoms with Gasteiger partial charge in [-0.1, -0.05) is 28.9 Å². The zero-order valence-corrected chi connectivity index (χ0v) is 11.1. The van der Waals surface area contributed by atoms with Gasteiger partial charge in [-0.05, 0) is 29.6 Å². The van der Waals surface area contributed by atoms with Crippen molar-refractivity contribution in [3.05, 3.63) is 44.8 Å². The molecule has 6 nitrogen and oxygen atoms in total. The van der Waals surface area contributed by atoms with Gasteiger partial charge in [0, 0.05) is 22.2 Å². The summed E-state index contributed by atoms with van der Waals surface area (Å²) in [6, 6.07) is 3.06. The highest BCUT2D eigenvalue weighted by Gasteiger charge is 2.12. The van der Waals surface area contributed by atoms with Crippen molar-refractivity contribution < 1.29 is 9.53 Å². The average molecular weight is 281 g/mol. The van der Waals surface area contributed by atoms with Crippen LogP contribution < -0.4 is 5.73 Å². The van der Waals surface area contributed by atoms with E-state index in [0.717, 1.165) is 0 Å². The molecule has 0 unspecified atom stereocenters. The SMILES string of the molecule is COC(=O)c1cc(C=CCCN=[N+]=[N-])c(Cl)cc1N. The van der Waals surface area contributed by atoms with E-state index < -0.39 is 5.97 Å². The van der Waals surface area contributed by atoms with Crippen LogP contribution in [-0.4, -0.2) is 19.6 Å². The van der Waals surface area contributed by atoms with Crippen LogP contribution in [0.2, 0.25) is 5.02 Å². The van der Waals surface area contributed by atoms with Crippen LogP contribution >= 0.6 is 11.6 Å². The minimum absolute atomic E-state index is 0.265. The van der Waals surface area contributed by atoms with Crippen LogP contribution in [-0.2, 0) is 4.74 Å². The molecule has 100 valence electrons. The first-order chi connectivity index (χ1) is 9.10. The highest BCUT2D eigenvalue weighted by atomic mass is 35.5. The predicted molar refractivity (Wildman–Crippen MR) is 74.9 cm³/mol. The van der Waals surface area contributed by atoms with Crippen molar-refractivity contribution in [3.8, 4) is 0 Å². The normalized spacial score (nSPS) is 10.2. The zero-order chi connectivity index (χ0) is 14.3. The summed E-state index contributed by atoms with van der Waals surface area (Å²) in [6.07, 6.45) is 4.12. The summed E-state index contributed by atoms with van der Waals surface area (Å²) >= 11 is 6.02. The summed E-state index contributed by atoms with van der Waals surface area (Å²) in [5, 5.41) is 3.84. The standard InChI is InChI=1S/C12H13ClN4O2/c1-19-12(18)9-6-8(10(13)7-11(9)14)4-2-3-5-16-17-15/h2,4,6-7H,3,5,14H2,1H3. The molecule has 0 aromatic heterocycles. The van der Waals surface area contributed by atoms with Crippen LogP contribution in [0.15, 0.2) is 23.3 Å². The Morgan fingerprint density at radius 2 is 2.37 bits per heavy atom.